The third-order valence-corrected chi connectivity index (χ3v) is 3.53. The van der Waals surface area contributed by atoms with Crippen LogP contribution in [0.25, 0.3) is 0 Å². The Morgan fingerprint density at radius 2 is 2.36 bits per heavy atom. The lowest BCUT2D eigenvalue weighted by Gasteiger charge is -2.45. The van der Waals surface area contributed by atoms with Gasteiger partial charge in [-0.2, -0.15) is 0 Å². The Bertz CT molecular complexity index is 246. The summed E-state index contributed by atoms with van der Waals surface area (Å²) >= 11 is 0. The summed E-state index contributed by atoms with van der Waals surface area (Å²) in [5, 5.41) is 8.67. The van der Waals surface area contributed by atoms with E-state index >= 15 is 0 Å². The molecule has 2 saturated heterocycles. The summed E-state index contributed by atoms with van der Waals surface area (Å²) < 4.78 is 14.3. The number of halogens is 1. The Morgan fingerprint density at radius 1 is 1.57 bits per heavy atom. The average Bonchev–Trinajstić information content (AvgIpc) is 2.13. The van der Waals surface area contributed by atoms with E-state index in [0.717, 1.165) is 32.5 Å². The first kappa shape index (κ1) is 9.90. The van der Waals surface area contributed by atoms with Gasteiger partial charge >= 0.3 is 5.97 Å². The fourth-order valence-corrected chi connectivity index (χ4v) is 2.71. The van der Waals surface area contributed by atoms with Crippen molar-refractivity contribution in [1.82, 2.24) is 4.90 Å². The lowest BCUT2D eigenvalue weighted by Crippen LogP contribution is -2.53. The van der Waals surface area contributed by atoms with E-state index in [2.05, 4.69) is 4.90 Å². The minimum atomic E-state index is -1.44. The van der Waals surface area contributed by atoms with Crippen LogP contribution in [0.1, 0.15) is 25.7 Å². The lowest BCUT2D eigenvalue weighted by atomic mass is 9.75. The highest BCUT2D eigenvalue weighted by Crippen LogP contribution is 2.39. The van der Waals surface area contributed by atoms with E-state index in [1.54, 1.807) is 0 Å². The summed E-state index contributed by atoms with van der Waals surface area (Å²) in [6.07, 6.45) is 1.94. The molecule has 2 fully saturated rings. The molecule has 80 valence electrons. The molecule has 2 aliphatic rings. The highest BCUT2D eigenvalue weighted by atomic mass is 19.1. The maximum Gasteiger partial charge on any atom is 0.306 e. The first-order chi connectivity index (χ1) is 6.60. The van der Waals surface area contributed by atoms with Crippen LogP contribution in [0.5, 0.6) is 0 Å². The summed E-state index contributed by atoms with van der Waals surface area (Å²) in [5.41, 5.74) is -1.44. The molecule has 1 N–H and O–H groups in total. The molecule has 0 aromatic heterocycles. The van der Waals surface area contributed by atoms with Gasteiger partial charge in [-0.1, -0.05) is 0 Å². The first-order valence-electron chi connectivity index (χ1n) is 5.23. The molecule has 3 atom stereocenters. The quantitative estimate of drug-likeness (QED) is 0.731. The summed E-state index contributed by atoms with van der Waals surface area (Å²) in [5.74, 6) is -1.06. The summed E-state index contributed by atoms with van der Waals surface area (Å²) in [6.45, 7) is 2.53. The van der Waals surface area contributed by atoms with E-state index in [4.69, 9.17) is 5.11 Å². The molecule has 0 spiro atoms. The smallest absolute Gasteiger partial charge is 0.306 e. The SMILES string of the molecule is O=C(O)CC1(F)CCN2CCCC1C2. The largest absolute Gasteiger partial charge is 0.481 e. The van der Waals surface area contributed by atoms with Gasteiger partial charge < -0.3 is 10.0 Å². The van der Waals surface area contributed by atoms with Crippen LogP contribution in [0, 0.1) is 5.92 Å². The number of nitrogens with zero attached hydrogens (tertiary/aromatic N) is 1. The summed E-state index contributed by atoms with van der Waals surface area (Å²) in [4.78, 5) is 12.8. The molecule has 0 aromatic rings. The highest BCUT2D eigenvalue weighted by Gasteiger charge is 2.46. The molecule has 3 nitrogen and oxygen atoms in total. The van der Waals surface area contributed by atoms with Gasteiger partial charge in [-0.15, -0.1) is 0 Å². The first-order valence-corrected chi connectivity index (χ1v) is 5.23. The second kappa shape index (κ2) is 3.50. The molecule has 2 bridgehead atoms. The predicted molar refractivity (Wildman–Crippen MR) is 49.9 cm³/mol. The van der Waals surface area contributed by atoms with Crippen LogP contribution in [0.3, 0.4) is 0 Å². The van der Waals surface area contributed by atoms with Crippen LogP contribution >= 0.6 is 0 Å². The second-order valence-electron chi connectivity index (χ2n) is 4.49. The Kier molecular flexibility index (Phi) is 2.47. The molecule has 2 aliphatic heterocycles. The van der Waals surface area contributed by atoms with Crippen molar-refractivity contribution in [1.29, 1.82) is 0 Å². The number of alkyl halides is 1. The van der Waals surface area contributed by atoms with Crippen molar-refractivity contribution >= 4 is 5.97 Å². The van der Waals surface area contributed by atoms with Crippen LogP contribution in [0.2, 0.25) is 0 Å². The Hall–Kier alpha value is -0.640. The molecule has 0 radical (unpaired) electrons. The molecule has 3 unspecified atom stereocenters. The maximum atomic E-state index is 14.3. The van der Waals surface area contributed by atoms with Crippen molar-refractivity contribution in [3.63, 3.8) is 0 Å². The number of carbonyl (C=O) groups is 1. The van der Waals surface area contributed by atoms with Crippen LogP contribution < -0.4 is 0 Å². The third kappa shape index (κ3) is 1.75. The van der Waals surface area contributed by atoms with Crippen molar-refractivity contribution in [2.75, 3.05) is 19.6 Å². The Labute approximate surface area is 82.9 Å². The van der Waals surface area contributed by atoms with E-state index in [1.165, 1.54) is 0 Å². The standard InChI is InChI=1S/C10H16FNO2/c11-10(6-9(13)14)3-5-12-4-1-2-8(10)7-12/h8H,1-7H2,(H,13,14). The van der Waals surface area contributed by atoms with Crippen molar-refractivity contribution in [2.24, 2.45) is 5.92 Å². The fourth-order valence-electron chi connectivity index (χ4n) is 2.71. The predicted octanol–water partition coefficient (Wildman–Crippen LogP) is 1.29. The van der Waals surface area contributed by atoms with E-state index in [9.17, 15) is 9.18 Å². The van der Waals surface area contributed by atoms with Gasteiger partial charge in [-0.25, -0.2) is 4.39 Å². The molecule has 14 heavy (non-hydrogen) atoms. The van der Waals surface area contributed by atoms with Crippen molar-refractivity contribution in [3.8, 4) is 0 Å². The van der Waals surface area contributed by atoms with Crippen LogP contribution in [-0.2, 0) is 4.79 Å². The number of carboxylic acids is 1. The number of aliphatic carboxylic acids is 1. The fraction of sp³-hybridized carbons (Fsp3) is 0.900. The van der Waals surface area contributed by atoms with Crippen molar-refractivity contribution in [3.05, 3.63) is 0 Å². The monoisotopic (exact) mass is 201 g/mol. The van der Waals surface area contributed by atoms with Gasteiger partial charge in [0.25, 0.3) is 0 Å². The van der Waals surface area contributed by atoms with E-state index in [0.29, 0.717) is 6.42 Å². The van der Waals surface area contributed by atoms with Crippen molar-refractivity contribution in [2.45, 2.75) is 31.4 Å². The van der Waals surface area contributed by atoms with E-state index in [-0.39, 0.29) is 12.3 Å². The molecule has 0 saturated carbocycles. The maximum absolute atomic E-state index is 14.3. The number of hydrogen-bond donors (Lipinski definition) is 1. The minimum Gasteiger partial charge on any atom is -0.481 e. The third-order valence-electron chi connectivity index (χ3n) is 3.53. The lowest BCUT2D eigenvalue weighted by molar-refractivity contribution is -0.144. The average molecular weight is 201 g/mol. The Balaban J connectivity index is 2.07. The molecular weight excluding hydrogens is 185 g/mol. The van der Waals surface area contributed by atoms with Gasteiger partial charge in [0.2, 0.25) is 0 Å². The number of rotatable bonds is 2. The normalized spacial score (nSPS) is 42.1. The zero-order chi connectivity index (χ0) is 10.2. The van der Waals surface area contributed by atoms with Gasteiger partial charge in [0.1, 0.15) is 5.67 Å². The number of carboxylic acid groups (broad SMARTS) is 1. The van der Waals surface area contributed by atoms with Gasteiger partial charge in [0.15, 0.2) is 0 Å². The number of hydrogen-bond acceptors (Lipinski definition) is 2. The van der Waals surface area contributed by atoms with E-state index in [1.807, 2.05) is 0 Å². The molecule has 0 aromatic carbocycles. The van der Waals surface area contributed by atoms with Gasteiger partial charge in [-0.3, -0.25) is 4.79 Å². The molecule has 2 rings (SSSR count). The van der Waals surface area contributed by atoms with E-state index < -0.39 is 11.6 Å². The summed E-state index contributed by atoms with van der Waals surface area (Å²) in [6, 6.07) is 0. The molecule has 2 heterocycles. The topological polar surface area (TPSA) is 40.5 Å². The zero-order valence-electron chi connectivity index (χ0n) is 8.21. The number of fused-ring (bicyclic) bond motifs is 2. The highest BCUT2D eigenvalue weighted by molar-refractivity contribution is 5.68. The van der Waals surface area contributed by atoms with Crippen LogP contribution in [0.4, 0.5) is 4.39 Å². The molecule has 0 amide bonds. The Morgan fingerprint density at radius 3 is 3.07 bits per heavy atom. The second-order valence-corrected chi connectivity index (χ2v) is 4.49. The van der Waals surface area contributed by atoms with Crippen LogP contribution in [-0.4, -0.2) is 41.3 Å². The minimum absolute atomic E-state index is 0.0545. The van der Waals surface area contributed by atoms with Crippen molar-refractivity contribution < 1.29 is 14.3 Å². The summed E-state index contributed by atoms with van der Waals surface area (Å²) in [7, 11) is 0. The molecule has 0 aliphatic carbocycles. The van der Waals surface area contributed by atoms with Gasteiger partial charge in [0.05, 0.1) is 6.42 Å². The van der Waals surface area contributed by atoms with Gasteiger partial charge in [-0.05, 0) is 25.8 Å². The van der Waals surface area contributed by atoms with Crippen LogP contribution in [0.15, 0.2) is 0 Å². The zero-order valence-corrected chi connectivity index (χ0v) is 8.21. The molecular formula is C10H16FNO2. The molecule has 4 heteroatoms. The van der Waals surface area contributed by atoms with Gasteiger partial charge in [0, 0.05) is 19.0 Å². The number of piperidine rings is 2.